The van der Waals surface area contributed by atoms with Crippen molar-refractivity contribution in [3.63, 3.8) is 0 Å². The number of ether oxygens (including phenoxy) is 2. The van der Waals surface area contributed by atoms with Gasteiger partial charge in [0.15, 0.2) is 5.79 Å². The SMILES string of the molecule is CN1CCCC1CC1(C)OCC(CN)O1. The molecule has 3 unspecified atom stereocenters. The molecule has 0 aromatic carbocycles. The molecule has 0 bridgehead atoms. The minimum absolute atomic E-state index is 0.0849. The highest BCUT2D eigenvalue weighted by Gasteiger charge is 2.40. The molecule has 88 valence electrons. The highest BCUT2D eigenvalue weighted by molar-refractivity contribution is 4.85. The summed E-state index contributed by atoms with van der Waals surface area (Å²) in [4.78, 5) is 2.40. The van der Waals surface area contributed by atoms with Gasteiger partial charge in [-0.2, -0.15) is 0 Å². The molecule has 2 fully saturated rings. The lowest BCUT2D eigenvalue weighted by Gasteiger charge is -2.29. The first-order valence-corrected chi connectivity index (χ1v) is 5.85. The predicted molar refractivity (Wildman–Crippen MR) is 58.6 cm³/mol. The smallest absolute Gasteiger partial charge is 0.167 e. The Morgan fingerprint density at radius 1 is 1.53 bits per heavy atom. The standard InChI is InChI=1S/C11H22N2O2/c1-11(14-8-10(7-12)15-11)6-9-4-3-5-13(9)2/h9-10H,3-8,12H2,1-2H3. The minimum Gasteiger partial charge on any atom is -0.347 e. The summed E-state index contributed by atoms with van der Waals surface area (Å²) in [5.74, 6) is -0.409. The Labute approximate surface area is 91.7 Å². The first-order valence-electron chi connectivity index (χ1n) is 5.85. The Hall–Kier alpha value is -0.160. The van der Waals surface area contributed by atoms with Crippen molar-refractivity contribution in [2.45, 2.75) is 44.1 Å². The van der Waals surface area contributed by atoms with Crippen LogP contribution < -0.4 is 5.73 Å². The van der Waals surface area contributed by atoms with E-state index >= 15 is 0 Å². The molecule has 0 spiro atoms. The summed E-state index contributed by atoms with van der Waals surface area (Å²) in [5.41, 5.74) is 5.57. The average molecular weight is 214 g/mol. The molecule has 2 aliphatic heterocycles. The van der Waals surface area contributed by atoms with Crippen molar-refractivity contribution in [2.24, 2.45) is 5.73 Å². The molecule has 0 aliphatic carbocycles. The average Bonchev–Trinajstić information content (AvgIpc) is 2.75. The van der Waals surface area contributed by atoms with Crippen LogP contribution >= 0.6 is 0 Å². The zero-order chi connectivity index (χ0) is 10.9. The molecule has 2 N–H and O–H groups in total. The zero-order valence-corrected chi connectivity index (χ0v) is 9.74. The van der Waals surface area contributed by atoms with Crippen LogP contribution in [0, 0.1) is 0 Å². The highest BCUT2D eigenvalue weighted by atomic mass is 16.7. The van der Waals surface area contributed by atoms with E-state index in [0.717, 1.165) is 6.42 Å². The largest absolute Gasteiger partial charge is 0.347 e. The molecule has 0 radical (unpaired) electrons. The van der Waals surface area contributed by atoms with E-state index in [9.17, 15) is 0 Å². The molecular weight excluding hydrogens is 192 g/mol. The Kier molecular flexibility index (Phi) is 3.30. The molecule has 0 aromatic heterocycles. The van der Waals surface area contributed by atoms with Gasteiger partial charge in [0.1, 0.15) is 0 Å². The summed E-state index contributed by atoms with van der Waals surface area (Å²) in [6.45, 7) is 4.43. The van der Waals surface area contributed by atoms with Gasteiger partial charge in [-0.05, 0) is 33.4 Å². The van der Waals surface area contributed by atoms with E-state index in [4.69, 9.17) is 15.2 Å². The maximum absolute atomic E-state index is 5.83. The lowest BCUT2D eigenvalue weighted by atomic mass is 10.1. The Morgan fingerprint density at radius 2 is 2.33 bits per heavy atom. The second-order valence-electron chi connectivity index (χ2n) is 4.90. The monoisotopic (exact) mass is 214 g/mol. The lowest BCUT2D eigenvalue weighted by Crippen LogP contribution is -2.37. The van der Waals surface area contributed by atoms with Gasteiger partial charge in [-0.3, -0.25) is 0 Å². The fourth-order valence-corrected chi connectivity index (χ4v) is 2.58. The van der Waals surface area contributed by atoms with E-state index in [-0.39, 0.29) is 6.10 Å². The number of hydrogen-bond acceptors (Lipinski definition) is 4. The quantitative estimate of drug-likeness (QED) is 0.746. The Morgan fingerprint density at radius 3 is 2.87 bits per heavy atom. The van der Waals surface area contributed by atoms with Crippen LogP contribution in [0.5, 0.6) is 0 Å². The second kappa shape index (κ2) is 4.37. The lowest BCUT2D eigenvalue weighted by molar-refractivity contribution is -0.164. The molecule has 0 amide bonds. The molecule has 4 heteroatoms. The minimum atomic E-state index is -0.409. The van der Waals surface area contributed by atoms with Crippen molar-refractivity contribution in [3.05, 3.63) is 0 Å². The number of likely N-dealkylation sites (tertiary alicyclic amines) is 1. The second-order valence-corrected chi connectivity index (χ2v) is 4.90. The van der Waals surface area contributed by atoms with E-state index in [2.05, 4.69) is 11.9 Å². The van der Waals surface area contributed by atoms with Crippen molar-refractivity contribution in [3.8, 4) is 0 Å². The predicted octanol–water partition coefficient (Wildman–Crippen LogP) is 0.561. The van der Waals surface area contributed by atoms with Crippen LogP contribution in [0.4, 0.5) is 0 Å². The molecule has 2 rings (SSSR count). The molecule has 3 atom stereocenters. The fraction of sp³-hybridized carbons (Fsp3) is 1.00. The third-order valence-corrected chi connectivity index (χ3v) is 3.53. The van der Waals surface area contributed by atoms with Crippen LogP contribution in [-0.4, -0.2) is 49.6 Å². The maximum Gasteiger partial charge on any atom is 0.167 e. The van der Waals surface area contributed by atoms with Crippen molar-refractivity contribution >= 4 is 0 Å². The summed E-state index contributed by atoms with van der Waals surface area (Å²) in [6.07, 6.45) is 3.59. The highest BCUT2D eigenvalue weighted by Crippen LogP contribution is 2.32. The van der Waals surface area contributed by atoms with Crippen LogP contribution in [0.2, 0.25) is 0 Å². The third kappa shape index (κ3) is 2.50. The van der Waals surface area contributed by atoms with Crippen LogP contribution in [0.15, 0.2) is 0 Å². The normalized spacial score (nSPS) is 42.6. The van der Waals surface area contributed by atoms with E-state index in [0.29, 0.717) is 19.2 Å². The van der Waals surface area contributed by atoms with Gasteiger partial charge in [0.05, 0.1) is 12.7 Å². The van der Waals surface area contributed by atoms with Crippen molar-refractivity contribution < 1.29 is 9.47 Å². The zero-order valence-electron chi connectivity index (χ0n) is 9.74. The number of nitrogens with zero attached hydrogens (tertiary/aromatic N) is 1. The van der Waals surface area contributed by atoms with Crippen LogP contribution in [0.25, 0.3) is 0 Å². The van der Waals surface area contributed by atoms with Gasteiger partial charge in [-0.1, -0.05) is 0 Å². The van der Waals surface area contributed by atoms with E-state index in [1.165, 1.54) is 19.4 Å². The van der Waals surface area contributed by atoms with Crippen LogP contribution in [0.1, 0.15) is 26.2 Å². The summed E-state index contributed by atoms with van der Waals surface area (Å²) in [6, 6.07) is 0.603. The topological polar surface area (TPSA) is 47.7 Å². The van der Waals surface area contributed by atoms with Gasteiger partial charge in [0.2, 0.25) is 0 Å². The van der Waals surface area contributed by atoms with Gasteiger partial charge in [0.25, 0.3) is 0 Å². The van der Waals surface area contributed by atoms with Gasteiger partial charge >= 0.3 is 0 Å². The number of rotatable bonds is 3. The van der Waals surface area contributed by atoms with Gasteiger partial charge in [-0.25, -0.2) is 0 Å². The van der Waals surface area contributed by atoms with Crippen molar-refractivity contribution in [2.75, 3.05) is 26.7 Å². The molecule has 4 nitrogen and oxygen atoms in total. The third-order valence-electron chi connectivity index (χ3n) is 3.53. The summed E-state index contributed by atoms with van der Waals surface area (Å²) in [7, 11) is 2.18. The first-order chi connectivity index (χ1) is 7.13. The van der Waals surface area contributed by atoms with Crippen molar-refractivity contribution in [1.29, 1.82) is 0 Å². The van der Waals surface area contributed by atoms with E-state index < -0.39 is 5.79 Å². The summed E-state index contributed by atoms with van der Waals surface area (Å²) in [5, 5.41) is 0. The molecule has 2 aliphatic rings. The molecule has 2 heterocycles. The molecular formula is C11H22N2O2. The number of nitrogens with two attached hydrogens (primary N) is 1. The Balaban J connectivity index is 1.88. The van der Waals surface area contributed by atoms with Crippen LogP contribution in [0.3, 0.4) is 0 Å². The van der Waals surface area contributed by atoms with Gasteiger partial charge < -0.3 is 20.1 Å². The van der Waals surface area contributed by atoms with E-state index in [1.807, 2.05) is 6.92 Å². The first kappa shape index (κ1) is 11.3. The Bertz CT molecular complexity index is 225. The van der Waals surface area contributed by atoms with Gasteiger partial charge in [-0.15, -0.1) is 0 Å². The van der Waals surface area contributed by atoms with Gasteiger partial charge in [0, 0.05) is 19.0 Å². The fourth-order valence-electron chi connectivity index (χ4n) is 2.58. The molecule has 0 saturated carbocycles. The summed E-state index contributed by atoms with van der Waals surface area (Å²) < 4.78 is 11.6. The molecule has 15 heavy (non-hydrogen) atoms. The van der Waals surface area contributed by atoms with Crippen LogP contribution in [-0.2, 0) is 9.47 Å². The number of hydrogen-bond donors (Lipinski definition) is 1. The van der Waals surface area contributed by atoms with Crippen molar-refractivity contribution in [1.82, 2.24) is 4.90 Å². The molecule has 2 saturated heterocycles. The van der Waals surface area contributed by atoms with E-state index in [1.54, 1.807) is 0 Å². The summed E-state index contributed by atoms with van der Waals surface area (Å²) >= 11 is 0. The maximum atomic E-state index is 5.83. The molecule has 0 aromatic rings.